The molecule has 2 aromatic heterocycles. The molecule has 0 radical (unpaired) electrons. The lowest BCUT2D eigenvalue weighted by molar-refractivity contribution is 0.274. The van der Waals surface area contributed by atoms with Crippen LogP contribution in [0.5, 0.6) is 0 Å². The van der Waals surface area contributed by atoms with Gasteiger partial charge in [-0.3, -0.25) is 9.67 Å². The SMILES string of the molecule is CCCN(CC)CCn1nc2c3c(c(C)ccc31)Sc1ccncc1-2. The predicted molar refractivity (Wildman–Crippen MR) is 104 cm³/mol. The van der Waals surface area contributed by atoms with E-state index in [9.17, 15) is 0 Å². The zero-order valence-electron chi connectivity index (χ0n) is 15.1. The van der Waals surface area contributed by atoms with Crippen LogP contribution in [0.3, 0.4) is 0 Å². The lowest BCUT2D eigenvalue weighted by Crippen LogP contribution is -2.28. The second kappa shape index (κ2) is 6.81. The second-order valence-corrected chi connectivity index (χ2v) is 7.64. The third kappa shape index (κ3) is 2.85. The third-order valence-electron chi connectivity index (χ3n) is 4.93. The van der Waals surface area contributed by atoms with Crippen LogP contribution in [-0.2, 0) is 6.54 Å². The van der Waals surface area contributed by atoms with E-state index in [0.29, 0.717) is 0 Å². The van der Waals surface area contributed by atoms with Crippen LogP contribution in [0.25, 0.3) is 22.2 Å². The Balaban J connectivity index is 1.78. The van der Waals surface area contributed by atoms with Gasteiger partial charge in [0.2, 0.25) is 0 Å². The van der Waals surface area contributed by atoms with Crippen LogP contribution in [0.2, 0.25) is 0 Å². The van der Waals surface area contributed by atoms with Crippen molar-refractivity contribution >= 4 is 22.7 Å². The molecule has 3 heterocycles. The summed E-state index contributed by atoms with van der Waals surface area (Å²) in [7, 11) is 0. The van der Waals surface area contributed by atoms with E-state index in [-0.39, 0.29) is 0 Å². The summed E-state index contributed by atoms with van der Waals surface area (Å²) in [4.78, 5) is 9.42. The van der Waals surface area contributed by atoms with Crippen molar-refractivity contribution in [2.75, 3.05) is 19.6 Å². The van der Waals surface area contributed by atoms with Gasteiger partial charge in [-0.15, -0.1) is 0 Å². The molecule has 1 aliphatic heterocycles. The van der Waals surface area contributed by atoms with Gasteiger partial charge >= 0.3 is 0 Å². The zero-order chi connectivity index (χ0) is 17.4. The first-order chi connectivity index (χ1) is 12.2. The van der Waals surface area contributed by atoms with Gasteiger partial charge in [-0.25, -0.2) is 0 Å². The fraction of sp³-hybridized carbons (Fsp3) is 0.400. The number of hydrogen-bond donors (Lipinski definition) is 0. The highest BCUT2D eigenvalue weighted by molar-refractivity contribution is 7.99. The Hall–Kier alpha value is -1.85. The van der Waals surface area contributed by atoms with Crippen LogP contribution < -0.4 is 0 Å². The molecule has 0 atom stereocenters. The molecule has 5 heteroatoms. The van der Waals surface area contributed by atoms with Gasteiger partial charge < -0.3 is 4.90 Å². The topological polar surface area (TPSA) is 34.0 Å². The second-order valence-electron chi connectivity index (χ2n) is 6.59. The van der Waals surface area contributed by atoms with Gasteiger partial charge in [0, 0.05) is 39.7 Å². The van der Waals surface area contributed by atoms with Crippen molar-refractivity contribution in [1.82, 2.24) is 19.7 Å². The molecule has 4 nitrogen and oxygen atoms in total. The molecule has 0 aliphatic carbocycles. The summed E-state index contributed by atoms with van der Waals surface area (Å²) in [6.45, 7) is 10.9. The Labute approximate surface area is 153 Å². The van der Waals surface area contributed by atoms with E-state index < -0.39 is 0 Å². The smallest absolute Gasteiger partial charge is 0.104 e. The Bertz CT molecular complexity index is 915. The first-order valence-corrected chi connectivity index (χ1v) is 9.89. The lowest BCUT2D eigenvalue weighted by Gasteiger charge is -2.19. The Morgan fingerprint density at radius 3 is 2.84 bits per heavy atom. The van der Waals surface area contributed by atoms with E-state index in [0.717, 1.165) is 37.4 Å². The van der Waals surface area contributed by atoms with Gasteiger partial charge in [-0.05, 0) is 44.1 Å². The zero-order valence-corrected chi connectivity index (χ0v) is 15.9. The Kier molecular flexibility index (Phi) is 4.52. The van der Waals surface area contributed by atoms with Gasteiger partial charge in [0.15, 0.2) is 0 Å². The number of hydrogen-bond acceptors (Lipinski definition) is 4. The van der Waals surface area contributed by atoms with Crippen LogP contribution in [0.15, 0.2) is 40.4 Å². The number of nitrogens with zero attached hydrogens (tertiary/aromatic N) is 4. The molecule has 0 fully saturated rings. The highest BCUT2D eigenvalue weighted by Gasteiger charge is 2.25. The van der Waals surface area contributed by atoms with Gasteiger partial charge in [-0.2, -0.15) is 5.10 Å². The van der Waals surface area contributed by atoms with Gasteiger partial charge in [0.05, 0.1) is 12.1 Å². The lowest BCUT2D eigenvalue weighted by atomic mass is 10.1. The van der Waals surface area contributed by atoms with Crippen molar-refractivity contribution in [3.05, 3.63) is 36.2 Å². The molecule has 0 saturated carbocycles. The van der Waals surface area contributed by atoms with Crippen molar-refractivity contribution in [2.24, 2.45) is 0 Å². The maximum atomic E-state index is 5.01. The molecule has 0 amide bonds. The minimum Gasteiger partial charge on any atom is -0.302 e. The van der Waals surface area contributed by atoms with E-state index in [2.05, 4.69) is 53.5 Å². The number of likely N-dealkylation sites (N-methyl/N-ethyl adjacent to an activating group) is 1. The van der Waals surface area contributed by atoms with Crippen LogP contribution in [-0.4, -0.2) is 39.3 Å². The average molecular weight is 353 g/mol. The molecular formula is C20H24N4S. The molecule has 130 valence electrons. The minimum absolute atomic E-state index is 0.924. The first kappa shape index (κ1) is 16.6. The van der Waals surface area contributed by atoms with E-state index >= 15 is 0 Å². The molecule has 0 spiro atoms. The van der Waals surface area contributed by atoms with E-state index in [4.69, 9.17) is 5.10 Å². The predicted octanol–water partition coefficient (Wildman–Crippen LogP) is 4.60. The quantitative estimate of drug-likeness (QED) is 0.508. The van der Waals surface area contributed by atoms with Gasteiger partial charge in [0.25, 0.3) is 0 Å². The molecule has 3 aromatic rings. The molecule has 25 heavy (non-hydrogen) atoms. The minimum atomic E-state index is 0.924. The van der Waals surface area contributed by atoms with Crippen molar-refractivity contribution in [1.29, 1.82) is 0 Å². The van der Waals surface area contributed by atoms with Crippen molar-refractivity contribution in [3.63, 3.8) is 0 Å². The third-order valence-corrected chi connectivity index (χ3v) is 6.24. The molecule has 1 aromatic carbocycles. The van der Waals surface area contributed by atoms with E-state index in [1.807, 2.05) is 24.2 Å². The first-order valence-electron chi connectivity index (χ1n) is 9.07. The number of rotatable bonds is 6. The van der Waals surface area contributed by atoms with Crippen LogP contribution >= 0.6 is 11.8 Å². The molecule has 0 unspecified atom stereocenters. The highest BCUT2D eigenvalue weighted by atomic mass is 32.2. The Morgan fingerprint density at radius 1 is 1.16 bits per heavy atom. The maximum Gasteiger partial charge on any atom is 0.104 e. The maximum absolute atomic E-state index is 5.01. The standard InChI is InChI=1S/C20H24N4S/c1-4-10-23(5-2)11-12-24-16-7-6-14(3)20-18(16)19(22-24)15-13-21-9-8-17(15)25-20/h6-9,13H,4-5,10-12H2,1-3H3. The number of benzene rings is 1. The number of fused-ring (bicyclic) bond motifs is 2. The van der Waals surface area contributed by atoms with Crippen LogP contribution in [0, 0.1) is 6.92 Å². The molecule has 1 aliphatic rings. The number of aryl methyl sites for hydroxylation is 1. The van der Waals surface area contributed by atoms with Crippen molar-refractivity contribution in [3.8, 4) is 11.3 Å². The summed E-state index contributed by atoms with van der Waals surface area (Å²) in [6, 6.07) is 6.55. The number of aromatic nitrogens is 3. The van der Waals surface area contributed by atoms with Gasteiger partial charge in [0.1, 0.15) is 5.69 Å². The average Bonchev–Trinajstić information content (AvgIpc) is 3.01. The molecule has 0 saturated heterocycles. The molecule has 4 rings (SSSR count). The summed E-state index contributed by atoms with van der Waals surface area (Å²) in [5.41, 5.74) is 4.82. The molecule has 0 N–H and O–H groups in total. The summed E-state index contributed by atoms with van der Waals surface area (Å²) in [5, 5.41) is 6.30. The van der Waals surface area contributed by atoms with E-state index in [1.54, 1.807) is 0 Å². The fourth-order valence-electron chi connectivity index (χ4n) is 3.57. The summed E-state index contributed by atoms with van der Waals surface area (Å²) >= 11 is 1.85. The summed E-state index contributed by atoms with van der Waals surface area (Å²) < 4.78 is 2.19. The monoisotopic (exact) mass is 352 g/mol. The van der Waals surface area contributed by atoms with Crippen molar-refractivity contribution < 1.29 is 0 Å². The van der Waals surface area contributed by atoms with Gasteiger partial charge in [-0.1, -0.05) is 31.7 Å². The van der Waals surface area contributed by atoms with Crippen LogP contribution in [0.4, 0.5) is 0 Å². The summed E-state index contributed by atoms with van der Waals surface area (Å²) in [5.74, 6) is 0. The normalized spacial score (nSPS) is 12.8. The largest absolute Gasteiger partial charge is 0.302 e. The van der Waals surface area contributed by atoms with Crippen LogP contribution in [0.1, 0.15) is 25.8 Å². The van der Waals surface area contributed by atoms with Crippen molar-refractivity contribution in [2.45, 2.75) is 43.5 Å². The fourth-order valence-corrected chi connectivity index (χ4v) is 4.71. The van der Waals surface area contributed by atoms with E-state index in [1.165, 1.54) is 32.7 Å². The molecule has 0 bridgehead atoms. The number of pyridine rings is 1. The Morgan fingerprint density at radius 2 is 2.04 bits per heavy atom. The molecular weight excluding hydrogens is 328 g/mol. The summed E-state index contributed by atoms with van der Waals surface area (Å²) in [6.07, 6.45) is 5.01. The highest BCUT2D eigenvalue weighted by Crippen LogP contribution is 2.48.